The lowest BCUT2D eigenvalue weighted by Crippen LogP contribution is -1.85. The van der Waals surface area contributed by atoms with Crippen LogP contribution in [-0.4, -0.2) is 9.97 Å². The Morgan fingerprint density at radius 3 is 2.94 bits per heavy atom. The third-order valence-electron chi connectivity index (χ3n) is 1.99. The van der Waals surface area contributed by atoms with Gasteiger partial charge in [-0.15, -0.1) is 11.3 Å². The van der Waals surface area contributed by atoms with Gasteiger partial charge in [-0.25, -0.2) is 4.98 Å². The highest BCUT2D eigenvalue weighted by Gasteiger charge is 2.02. The summed E-state index contributed by atoms with van der Waals surface area (Å²) in [5.74, 6) is 0. The summed E-state index contributed by atoms with van der Waals surface area (Å²) >= 11 is 1.57. The third kappa shape index (κ3) is 2.33. The zero-order valence-corrected chi connectivity index (χ0v) is 9.53. The molecule has 0 saturated carbocycles. The number of aryl methyl sites for hydroxylation is 1. The molecule has 0 saturated heterocycles. The molecule has 0 aliphatic carbocycles. The van der Waals surface area contributed by atoms with Gasteiger partial charge in [-0.3, -0.25) is 4.98 Å². The fourth-order valence-corrected chi connectivity index (χ4v) is 1.85. The normalized spacial score (nSPS) is 11.1. The molecule has 0 radical (unpaired) electrons. The summed E-state index contributed by atoms with van der Waals surface area (Å²) in [6.07, 6.45) is 3.43. The molecule has 0 atom stereocenters. The molecule has 0 aliphatic rings. The van der Waals surface area contributed by atoms with Crippen LogP contribution in [0.2, 0.25) is 0 Å². The van der Waals surface area contributed by atoms with E-state index in [1.165, 1.54) is 0 Å². The number of rotatable bonds is 2. The fourth-order valence-electron chi connectivity index (χ4n) is 1.28. The zero-order valence-electron chi connectivity index (χ0n) is 8.71. The van der Waals surface area contributed by atoms with Crippen LogP contribution < -0.4 is 0 Å². The predicted octanol–water partition coefficient (Wildman–Crippen LogP) is 2.91. The molecule has 0 N–H and O–H groups in total. The molecule has 2 heterocycles. The zero-order chi connectivity index (χ0) is 11.4. The van der Waals surface area contributed by atoms with E-state index in [0.29, 0.717) is 11.3 Å². The Labute approximate surface area is 97.7 Å². The Morgan fingerprint density at radius 2 is 2.38 bits per heavy atom. The highest BCUT2D eigenvalue weighted by molar-refractivity contribution is 7.09. The van der Waals surface area contributed by atoms with Gasteiger partial charge in [0.15, 0.2) is 0 Å². The minimum atomic E-state index is 0.533. The van der Waals surface area contributed by atoms with Crippen molar-refractivity contribution in [1.29, 1.82) is 5.26 Å². The largest absolute Gasteiger partial charge is 0.256 e. The Balaban J connectivity index is 2.38. The van der Waals surface area contributed by atoms with Crippen LogP contribution >= 0.6 is 11.3 Å². The van der Waals surface area contributed by atoms with E-state index in [2.05, 4.69) is 16.0 Å². The van der Waals surface area contributed by atoms with Crippen molar-refractivity contribution in [1.82, 2.24) is 9.97 Å². The lowest BCUT2D eigenvalue weighted by molar-refractivity contribution is 1.26. The van der Waals surface area contributed by atoms with E-state index in [1.807, 2.05) is 30.5 Å². The molecule has 0 amide bonds. The summed E-state index contributed by atoms with van der Waals surface area (Å²) in [6.45, 7) is 1.94. The van der Waals surface area contributed by atoms with Crippen molar-refractivity contribution in [2.45, 2.75) is 6.92 Å². The molecule has 2 aromatic rings. The van der Waals surface area contributed by atoms with E-state index in [9.17, 15) is 0 Å². The maximum atomic E-state index is 9.06. The van der Waals surface area contributed by atoms with Crippen molar-refractivity contribution in [3.05, 3.63) is 46.2 Å². The van der Waals surface area contributed by atoms with Gasteiger partial charge in [0.05, 0.1) is 22.0 Å². The summed E-state index contributed by atoms with van der Waals surface area (Å²) in [6, 6.07) is 7.64. The quantitative estimate of drug-likeness (QED) is 0.741. The highest BCUT2D eigenvalue weighted by atomic mass is 32.1. The molecule has 2 aromatic heterocycles. The molecule has 0 aliphatic heterocycles. The lowest BCUT2D eigenvalue weighted by Gasteiger charge is -1.95. The number of allylic oxidation sites excluding steroid dienone is 1. The van der Waals surface area contributed by atoms with Crippen molar-refractivity contribution in [3.8, 4) is 6.07 Å². The van der Waals surface area contributed by atoms with Gasteiger partial charge in [0.25, 0.3) is 0 Å². The van der Waals surface area contributed by atoms with Gasteiger partial charge in [-0.1, -0.05) is 6.07 Å². The summed E-state index contributed by atoms with van der Waals surface area (Å²) in [5.41, 5.74) is 2.02. The first-order valence-corrected chi connectivity index (χ1v) is 5.63. The molecular weight excluding hydrogens is 218 g/mol. The predicted molar refractivity (Wildman–Crippen MR) is 64.6 cm³/mol. The molecule has 0 unspecified atom stereocenters. The summed E-state index contributed by atoms with van der Waals surface area (Å²) in [5, 5.41) is 12.0. The average molecular weight is 227 g/mol. The number of nitrogens with zero attached hydrogens (tertiary/aromatic N) is 3. The van der Waals surface area contributed by atoms with Gasteiger partial charge in [0.1, 0.15) is 6.07 Å². The van der Waals surface area contributed by atoms with Gasteiger partial charge in [-0.05, 0) is 25.1 Å². The minimum absolute atomic E-state index is 0.533. The van der Waals surface area contributed by atoms with Gasteiger partial charge in [0.2, 0.25) is 0 Å². The van der Waals surface area contributed by atoms with E-state index < -0.39 is 0 Å². The summed E-state index contributed by atoms with van der Waals surface area (Å²) in [4.78, 5) is 8.42. The summed E-state index contributed by atoms with van der Waals surface area (Å²) < 4.78 is 0. The number of pyridine rings is 1. The van der Waals surface area contributed by atoms with Crippen molar-refractivity contribution >= 4 is 23.0 Å². The Kier molecular flexibility index (Phi) is 3.08. The van der Waals surface area contributed by atoms with E-state index >= 15 is 0 Å². The SMILES string of the molecule is Cc1nc(/C=C(\C#N)c2ccccn2)cs1. The fraction of sp³-hybridized carbons (Fsp3) is 0.0833. The smallest absolute Gasteiger partial charge is 0.101 e. The van der Waals surface area contributed by atoms with Crippen molar-refractivity contribution in [2.75, 3.05) is 0 Å². The number of hydrogen-bond acceptors (Lipinski definition) is 4. The van der Waals surface area contributed by atoms with Crippen LogP contribution in [0.1, 0.15) is 16.4 Å². The first-order chi connectivity index (χ1) is 7.79. The van der Waals surface area contributed by atoms with Crippen LogP contribution in [0.4, 0.5) is 0 Å². The van der Waals surface area contributed by atoms with E-state index in [-0.39, 0.29) is 0 Å². The highest BCUT2D eigenvalue weighted by Crippen LogP contribution is 2.16. The van der Waals surface area contributed by atoms with Crippen molar-refractivity contribution in [3.63, 3.8) is 0 Å². The third-order valence-corrected chi connectivity index (χ3v) is 2.78. The molecule has 2 rings (SSSR count). The maximum Gasteiger partial charge on any atom is 0.101 e. The number of hydrogen-bond donors (Lipinski definition) is 0. The van der Waals surface area contributed by atoms with Crippen molar-refractivity contribution < 1.29 is 0 Å². The topological polar surface area (TPSA) is 49.6 Å². The molecule has 0 aromatic carbocycles. The summed E-state index contributed by atoms with van der Waals surface area (Å²) in [7, 11) is 0. The van der Waals surface area contributed by atoms with E-state index in [1.54, 1.807) is 23.6 Å². The standard InChI is InChI=1S/C12H9N3S/c1-9-15-11(8-16-9)6-10(7-13)12-4-2-3-5-14-12/h2-6,8H,1H3/b10-6+. The Bertz CT molecular complexity index is 549. The first-order valence-electron chi connectivity index (χ1n) is 4.75. The van der Waals surface area contributed by atoms with Gasteiger partial charge >= 0.3 is 0 Å². The minimum Gasteiger partial charge on any atom is -0.256 e. The average Bonchev–Trinajstić information content (AvgIpc) is 2.73. The van der Waals surface area contributed by atoms with E-state index in [4.69, 9.17) is 5.26 Å². The van der Waals surface area contributed by atoms with Gasteiger partial charge in [-0.2, -0.15) is 5.26 Å². The molecule has 78 valence electrons. The molecule has 0 spiro atoms. The van der Waals surface area contributed by atoms with Crippen LogP contribution in [0.3, 0.4) is 0 Å². The van der Waals surface area contributed by atoms with Gasteiger partial charge < -0.3 is 0 Å². The van der Waals surface area contributed by atoms with Crippen LogP contribution in [0.15, 0.2) is 29.8 Å². The first kappa shape index (κ1) is 10.5. The van der Waals surface area contributed by atoms with Crippen LogP contribution in [0.25, 0.3) is 11.6 Å². The second-order valence-electron chi connectivity index (χ2n) is 3.18. The number of thiazole rings is 1. The van der Waals surface area contributed by atoms with Crippen molar-refractivity contribution in [2.24, 2.45) is 0 Å². The second kappa shape index (κ2) is 4.69. The van der Waals surface area contributed by atoms with Crippen LogP contribution in [0.5, 0.6) is 0 Å². The number of aromatic nitrogens is 2. The molecule has 0 fully saturated rings. The monoisotopic (exact) mass is 227 g/mol. The molecular formula is C12H9N3S. The number of nitriles is 1. The maximum absolute atomic E-state index is 9.06. The Morgan fingerprint density at radius 1 is 1.50 bits per heavy atom. The molecule has 16 heavy (non-hydrogen) atoms. The van der Waals surface area contributed by atoms with Gasteiger partial charge in [0, 0.05) is 11.6 Å². The van der Waals surface area contributed by atoms with E-state index in [0.717, 1.165) is 10.7 Å². The molecule has 3 nitrogen and oxygen atoms in total. The Hall–Kier alpha value is -1.99. The molecule has 0 bridgehead atoms. The lowest BCUT2D eigenvalue weighted by atomic mass is 10.1. The van der Waals surface area contributed by atoms with Crippen LogP contribution in [0, 0.1) is 18.3 Å². The second-order valence-corrected chi connectivity index (χ2v) is 4.24. The van der Waals surface area contributed by atoms with Crippen LogP contribution in [-0.2, 0) is 0 Å². The molecule has 4 heteroatoms.